The number of para-hydroxylation sites is 1. The van der Waals surface area contributed by atoms with Crippen molar-refractivity contribution in [1.82, 2.24) is 0 Å². The van der Waals surface area contributed by atoms with E-state index in [4.69, 9.17) is 4.74 Å². The average Bonchev–Trinajstić information content (AvgIpc) is 2.43. The third kappa shape index (κ3) is 3.64. The number of aromatic hydroxyl groups is 1. The molecule has 100 valence electrons. The first-order chi connectivity index (χ1) is 9.20. The second-order valence-electron chi connectivity index (χ2n) is 4.08. The second-order valence-corrected chi connectivity index (χ2v) is 4.93. The molecule has 2 N–H and O–H groups in total. The smallest absolute Gasteiger partial charge is 0.172 e. The highest BCUT2D eigenvalue weighted by molar-refractivity contribution is 9.10. The summed E-state index contributed by atoms with van der Waals surface area (Å²) in [5.41, 5.74) is 2.10. The zero-order chi connectivity index (χ0) is 13.7. The van der Waals surface area contributed by atoms with Crippen LogP contribution in [0.5, 0.6) is 11.5 Å². The van der Waals surface area contributed by atoms with Gasteiger partial charge in [-0.2, -0.15) is 0 Å². The van der Waals surface area contributed by atoms with Crippen molar-refractivity contribution in [1.29, 1.82) is 0 Å². The van der Waals surface area contributed by atoms with Crippen molar-refractivity contribution >= 4 is 21.6 Å². The van der Waals surface area contributed by atoms with Crippen molar-refractivity contribution in [2.24, 2.45) is 0 Å². The Morgan fingerprint density at radius 1 is 1.21 bits per heavy atom. The predicted molar refractivity (Wildman–Crippen MR) is 80.7 cm³/mol. The van der Waals surface area contributed by atoms with Gasteiger partial charge in [0.25, 0.3) is 0 Å². The van der Waals surface area contributed by atoms with Gasteiger partial charge in [-0.15, -0.1) is 0 Å². The van der Waals surface area contributed by atoms with E-state index in [0.29, 0.717) is 23.4 Å². The molecule has 2 rings (SSSR count). The van der Waals surface area contributed by atoms with Crippen LogP contribution in [-0.2, 0) is 6.54 Å². The molecule has 4 heteroatoms. The normalized spacial score (nSPS) is 10.2. The van der Waals surface area contributed by atoms with Crippen LogP contribution in [-0.4, -0.2) is 11.7 Å². The first kappa shape index (κ1) is 13.7. The Kier molecular flexibility index (Phi) is 4.68. The van der Waals surface area contributed by atoms with E-state index in [0.717, 1.165) is 11.3 Å². The van der Waals surface area contributed by atoms with Crippen molar-refractivity contribution in [3.63, 3.8) is 0 Å². The lowest BCUT2D eigenvalue weighted by Gasteiger charge is -2.11. The van der Waals surface area contributed by atoms with E-state index >= 15 is 0 Å². The van der Waals surface area contributed by atoms with Crippen LogP contribution >= 0.6 is 15.9 Å². The minimum Gasteiger partial charge on any atom is -0.503 e. The summed E-state index contributed by atoms with van der Waals surface area (Å²) in [6.07, 6.45) is 0. The van der Waals surface area contributed by atoms with Gasteiger partial charge in [0, 0.05) is 12.2 Å². The van der Waals surface area contributed by atoms with Crippen molar-refractivity contribution in [3.05, 3.63) is 52.5 Å². The van der Waals surface area contributed by atoms with Crippen molar-refractivity contribution in [2.45, 2.75) is 13.5 Å². The Labute approximate surface area is 121 Å². The number of rotatable bonds is 5. The van der Waals surface area contributed by atoms with Gasteiger partial charge in [0.1, 0.15) is 0 Å². The third-order valence-electron chi connectivity index (χ3n) is 2.66. The minimum atomic E-state index is 0.144. The molecule has 0 bridgehead atoms. The van der Waals surface area contributed by atoms with Gasteiger partial charge in [0.15, 0.2) is 11.5 Å². The molecule has 0 aliphatic rings. The van der Waals surface area contributed by atoms with E-state index in [1.54, 1.807) is 0 Å². The van der Waals surface area contributed by atoms with Gasteiger partial charge in [0.05, 0.1) is 11.1 Å². The number of ether oxygens (including phenoxy) is 1. The molecule has 0 heterocycles. The summed E-state index contributed by atoms with van der Waals surface area (Å²) in [5, 5.41) is 13.2. The Morgan fingerprint density at radius 2 is 1.95 bits per heavy atom. The number of phenols is 1. The quantitative estimate of drug-likeness (QED) is 0.868. The number of benzene rings is 2. The van der Waals surface area contributed by atoms with Crippen LogP contribution in [0.2, 0.25) is 0 Å². The van der Waals surface area contributed by atoms with Crippen LogP contribution in [0.3, 0.4) is 0 Å². The molecule has 0 radical (unpaired) electrons. The minimum absolute atomic E-state index is 0.144. The molecule has 0 aliphatic heterocycles. The predicted octanol–water partition coefficient (Wildman–Crippen LogP) is 4.17. The Bertz CT molecular complexity index is 543. The van der Waals surface area contributed by atoms with Gasteiger partial charge in [0.2, 0.25) is 0 Å². The monoisotopic (exact) mass is 321 g/mol. The molecule has 0 aromatic heterocycles. The number of hydrogen-bond acceptors (Lipinski definition) is 3. The van der Waals surface area contributed by atoms with Gasteiger partial charge in [-0.25, -0.2) is 0 Å². The fourth-order valence-electron chi connectivity index (χ4n) is 1.75. The summed E-state index contributed by atoms with van der Waals surface area (Å²) in [4.78, 5) is 0. The lowest BCUT2D eigenvalue weighted by atomic mass is 10.2. The summed E-state index contributed by atoms with van der Waals surface area (Å²) in [7, 11) is 0. The second kappa shape index (κ2) is 6.48. The van der Waals surface area contributed by atoms with Gasteiger partial charge < -0.3 is 15.2 Å². The SMILES string of the molecule is CCOc1cc(CNc2ccccc2)cc(Br)c1O. The van der Waals surface area contributed by atoms with Crippen molar-refractivity contribution in [2.75, 3.05) is 11.9 Å². The van der Waals surface area contributed by atoms with Crippen LogP contribution in [0.1, 0.15) is 12.5 Å². The topological polar surface area (TPSA) is 41.5 Å². The van der Waals surface area contributed by atoms with Gasteiger partial charge in [-0.1, -0.05) is 18.2 Å². The van der Waals surface area contributed by atoms with Gasteiger partial charge in [-0.05, 0) is 52.7 Å². The summed E-state index contributed by atoms with van der Waals surface area (Å²) in [6.45, 7) is 3.08. The highest BCUT2D eigenvalue weighted by Crippen LogP contribution is 2.35. The van der Waals surface area contributed by atoms with Crippen LogP contribution in [0.4, 0.5) is 5.69 Å². The van der Waals surface area contributed by atoms with E-state index in [9.17, 15) is 5.11 Å². The average molecular weight is 322 g/mol. The van der Waals surface area contributed by atoms with Crippen LogP contribution in [0, 0.1) is 0 Å². The van der Waals surface area contributed by atoms with Crippen molar-refractivity contribution in [3.8, 4) is 11.5 Å². The van der Waals surface area contributed by atoms with Crippen LogP contribution < -0.4 is 10.1 Å². The Balaban J connectivity index is 2.12. The highest BCUT2D eigenvalue weighted by atomic mass is 79.9. The van der Waals surface area contributed by atoms with E-state index < -0.39 is 0 Å². The fourth-order valence-corrected chi connectivity index (χ4v) is 2.24. The molecule has 0 aliphatic carbocycles. The molecule has 0 fully saturated rings. The van der Waals surface area contributed by atoms with Crippen LogP contribution in [0.25, 0.3) is 0 Å². The lowest BCUT2D eigenvalue weighted by Crippen LogP contribution is -2.00. The number of phenolic OH excluding ortho intramolecular Hbond substituents is 1. The molecule has 0 unspecified atom stereocenters. The van der Waals surface area contributed by atoms with E-state index in [1.807, 2.05) is 49.4 Å². The third-order valence-corrected chi connectivity index (χ3v) is 3.26. The van der Waals surface area contributed by atoms with E-state index in [1.165, 1.54) is 0 Å². The summed E-state index contributed by atoms with van der Waals surface area (Å²) in [5.74, 6) is 0.645. The zero-order valence-electron chi connectivity index (χ0n) is 10.7. The number of anilines is 1. The summed E-state index contributed by atoms with van der Waals surface area (Å²) >= 11 is 3.34. The Hall–Kier alpha value is -1.68. The molecular weight excluding hydrogens is 306 g/mol. The maximum Gasteiger partial charge on any atom is 0.172 e. The number of nitrogens with one attached hydrogen (secondary N) is 1. The first-order valence-electron chi connectivity index (χ1n) is 6.13. The van der Waals surface area contributed by atoms with Gasteiger partial charge >= 0.3 is 0 Å². The molecule has 0 atom stereocenters. The fraction of sp³-hybridized carbons (Fsp3) is 0.200. The molecule has 2 aromatic rings. The van der Waals surface area contributed by atoms with E-state index in [-0.39, 0.29) is 5.75 Å². The molecular formula is C15H16BrNO2. The first-order valence-corrected chi connectivity index (χ1v) is 6.93. The van der Waals surface area contributed by atoms with E-state index in [2.05, 4.69) is 21.2 Å². The molecule has 0 saturated carbocycles. The molecule has 19 heavy (non-hydrogen) atoms. The number of halogens is 1. The van der Waals surface area contributed by atoms with Gasteiger partial charge in [-0.3, -0.25) is 0 Å². The molecule has 3 nitrogen and oxygen atoms in total. The maximum atomic E-state index is 9.85. The summed E-state index contributed by atoms with van der Waals surface area (Å²) in [6, 6.07) is 13.7. The molecule has 0 saturated heterocycles. The molecule has 2 aromatic carbocycles. The van der Waals surface area contributed by atoms with Crippen molar-refractivity contribution < 1.29 is 9.84 Å². The maximum absolute atomic E-state index is 9.85. The molecule has 0 spiro atoms. The highest BCUT2D eigenvalue weighted by Gasteiger charge is 2.09. The number of hydrogen-bond donors (Lipinski definition) is 2. The van der Waals surface area contributed by atoms with Crippen LogP contribution in [0.15, 0.2) is 46.9 Å². The largest absolute Gasteiger partial charge is 0.503 e. The lowest BCUT2D eigenvalue weighted by molar-refractivity contribution is 0.317. The summed E-state index contributed by atoms with van der Waals surface area (Å²) < 4.78 is 6.04. The Morgan fingerprint density at radius 3 is 2.63 bits per heavy atom. The standard InChI is InChI=1S/C15H16BrNO2/c1-2-19-14-9-11(8-13(16)15(14)18)10-17-12-6-4-3-5-7-12/h3-9,17-18H,2,10H2,1H3. The molecule has 0 amide bonds. The zero-order valence-corrected chi connectivity index (χ0v) is 12.3.